The number of aryl methyl sites for hydroxylation is 1. The molecule has 122 valence electrons. The Kier molecular flexibility index (Phi) is 6.75. The Morgan fingerprint density at radius 2 is 1.87 bits per heavy atom. The van der Waals surface area contributed by atoms with Gasteiger partial charge < -0.3 is 10.1 Å². The van der Waals surface area contributed by atoms with Gasteiger partial charge in [-0.25, -0.2) is 0 Å². The Labute approximate surface area is 146 Å². The number of rotatable bonds is 7. The lowest BCUT2D eigenvalue weighted by atomic mass is 10.1. The van der Waals surface area contributed by atoms with Crippen molar-refractivity contribution in [2.45, 2.75) is 25.8 Å². The molecule has 0 aromatic heterocycles. The molecule has 0 spiro atoms. The van der Waals surface area contributed by atoms with Crippen molar-refractivity contribution in [3.63, 3.8) is 0 Å². The molecule has 5 heteroatoms. The van der Waals surface area contributed by atoms with Crippen LogP contribution in [-0.2, 0) is 11.2 Å². The topological polar surface area (TPSA) is 38.3 Å². The first-order chi connectivity index (χ1) is 11.0. The smallest absolute Gasteiger partial charge is 0.258 e. The summed E-state index contributed by atoms with van der Waals surface area (Å²) in [6, 6.07) is 15.2. The normalized spacial score (nSPS) is 11.8. The predicted molar refractivity (Wildman–Crippen MR) is 94.3 cm³/mol. The van der Waals surface area contributed by atoms with Crippen LogP contribution in [0.15, 0.2) is 48.5 Å². The van der Waals surface area contributed by atoms with Gasteiger partial charge in [-0.3, -0.25) is 4.79 Å². The molecule has 0 bridgehead atoms. The first-order valence-corrected chi connectivity index (χ1v) is 8.21. The van der Waals surface area contributed by atoms with E-state index in [1.165, 1.54) is 5.56 Å². The molecule has 0 aliphatic heterocycles. The number of carbonyl (C=O) groups is 1. The van der Waals surface area contributed by atoms with Gasteiger partial charge in [-0.05, 0) is 37.5 Å². The lowest BCUT2D eigenvalue weighted by Crippen LogP contribution is -2.36. The van der Waals surface area contributed by atoms with Gasteiger partial charge in [0.2, 0.25) is 0 Å². The number of nitrogens with one attached hydrogen (secondary N) is 1. The van der Waals surface area contributed by atoms with Gasteiger partial charge in [0.1, 0.15) is 5.75 Å². The first-order valence-electron chi connectivity index (χ1n) is 7.45. The van der Waals surface area contributed by atoms with E-state index in [-0.39, 0.29) is 18.6 Å². The summed E-state index contributed by atoms with van der Waals surface area (Å²) in [6.45, 7) is 1.94. The highest BCUT2D eigenvalue weighted by Gasteiger charge is 2.09. The Bertz CT molecular complexity index is 647. The lowest BCUT2D eigenvalue weighted by Gasteiger charge is -2.14. The second-order valence-corrected chi connectivity index (χ2v) is 6.17. The maximum atomic E-state index is 11.9. The molecule has 1 unspecified atom stereocenters. The number of benzene rings is 2. The summed E-state index contributed by atoms with van der Waals surface area (Å²) >= 11 is 11.7. The third-order valence-electron chi connectivity index (χ3n) is 3.38. The zero-order valence-electron chi connectivity index (χ0n) is 12.9. The third-order valence-corrected chi connectivity index (χ3v) is 4.12. The van der Waals surface area contributed by atoms with Gasteiger partial charge in [-0.2, -0.15) is 0 Å². The van der Waals surface area contributed by atoms with Crippen LogP contribution < -0.4 is 10.1 Å². The molecule has 2 aromatic rings. The van der Waals surface area contributed by atoms with Crippen molar-refractivity contribution in [2.24, 2.45) is 0 Å². The fourth-order valence-corrected chi connectivity index (χ4v) is 2.42. The summed E-state index contributed by atoms with van der Waals surface area (Å²) in [5.41, 5.74) is 1.26. The van der Waals surface area contributed by atoms with Crippen molar-refractivity contribution < 1.29 is 9.53 Å². The van der Waals surface area contributed by atoms with E-state index in [1.54, 1.807) is 18.2 Å². The van der Waals surface area contributed by atoms with Crippen molar-refractivity contribution in [1.29, 1.82) is 0 Å². The molecule has 0 heterocycles. The largest absolute Gasteiger partial charge is 0.484 e. The quantitative estimate of drug-likeness (QED) is 0.796. The van der Waals surface area contributed by atoms with Gasteiger partial charge >= 0.3 is 0 Å². The SMILES string of the molecule is CC(CCc1ccccc1)NC(=O)COc1ccc(Cl)c(Cl)c1. The van der Waals surface area contributed by atoms with Crippen LogP contribution in [-0.4, -0.2) is 18.6 Å². The van der Waals surface area contributed by atoms with Gasteiger partial charge in [0, 0.05) is 12.1 Å². The molecule has 2 rings (SSSR count). The summed E-state index contributed by atoms with van der Waals surface area (Å²) in [4.78, 5) is 11.9. The van der Waals surface area contributed by atoms with E-state index in [0.29, 0.717) is 15.8 Å². The molecular formula is C18H19Cl2NO2. The van der Waals surface area contributed by atoms with Gasteiger partial charge in [0.05, 0.1) is 10.0 Å². The Hall–Kier alpha value is -1.71. The summed E-state index contributed by atoms with van der Waals surface area (Å²) < 4.78 is 5.41. The second-order valence-electron chi connectivity index (χ2n) is 5.36. The van der Waals surface area contributed by atoms with Gasteiger partial charge in [0.15, 0.2) is 6.61 Å². The number of amides is 1. The van der Waals surface area contributed by atoms with E-state index in [2.05, 4.69) is 17.4 Å². The third kappa shape index (κ3) is 6.12. The lowest BCUT2D eigenvalue weighted by molar-refractivity contribution is -0.123. The number of hydrogen-bond donors (Lipinski definition) is 1. The van der Waals surface area contributed by atoms with E-state index in [4.69, 9.17) is 27.9 Å². The summed E-state index contributed by atoms with van der Waals surface area (Å²) in [5, 5.41) is 3.78. The minimum atomic E-state index is -0.156. The maximum absolute atomic E-state index is 11.9. The first kappa shape index (κ1) is 17.6. The van der Waals surface area contributed by atoms with Crippen molar-refractivity contribution in [1.82, 2.24) is 5.32 Å². The molecule has 23 heavy (non-hydrogen) atoms. The highest BCUT2D eigenvalue weighted by atomic mass is 35.5. The second kappa shape index (κ2) is 8.80. The van der Waals surface area contributed by atoms with Gasteiger partial charge in [0.25, 0.3) is 5.91 Å². The Morgan fingerprint density at radius 3 is 2.57 bits per heavy atom. The molecule has 0 radical (unpaired) electrons. The van der Waals surface area contributed by atoms with Crippen LogP contribution in [0.2, 0.25) is 10.0 Å². The zero-order valence-corrected chi connectivity index (χ0v) is 14.4. The average molecular weight is 352 g/mol. The van der Waals surface area contributed by atoms with Crippen LogP contribution >= 0.6 is 23.2 Å². The minimum Gasteiger partial charge on any atom is -0.484 e. The molecule has 0 saturated carbocycles. The predicted octanol–water partition coefficient (Wildman–Crippen LogP) is 4.51. The van der Waals surface area contributed by atoms with E-state index in [0.717, 1.165) is 12.8 Å². The van der Waals surface area contributed by atoms with Crippen LogP contribution in [0.5, 0.6) is 5.75 Å². The molecular weight excluding hydrogens is 333 g/mol. The fraction of sp³-hybridized carbons (Fsp3) is 0.278. The van der Waals surface area contributed by atoms with Crippen LogP contribution in [0, 0.1) is 0 Å². The molecule has 1 atom stereocenters. The highest BCUT2D eigenvalue weighted by Crippen LogP contribution is 2.26. The number of ether oxygens (including phenoxy) is 1. The fourth-order valence-electron chi connectivity index (χ4n) is 2.13. The standard InChI is InChI=1S/C18H19Cl2NO2/c1-13(7-8-14-5-3-2-4-6-14)21-18(22)12-23-15-9-10-16(19)17(20)11-15/h2-6,9-11,13H,7-8,12H2,1H3,(H,21,22). The van der Waals surface area contributed by atoms with E-state index < -0.39 is 0 Å². The highest BCUT2D eigenvalue weighted by molar-refractivity contribution is 6.42. The van der Waals surface area contributed by atoms with Crippen molar-refractivity contribution in [3.05, 3.63) is 64.1 Å². The number of halogens is 2. The number of hydrogen-bond acceptors (Lipinski definition) is 2. The molecule has 0 aliphatic carbocycles. The van der Waals surface area contributed by atoms with Crippen LogP contribution in [0.25, 0.3) is 0 Å². The minimum absolute atomic E-state index is 0.0480. The molecule has 3 nitrogen and oxygen atoms in total. The van der Waals surface area contributed by atoms with Crippen LogP contribution in [0.3, 0.4) is 0 Å². The van der Waals surface area contributed by atoms with Gasteiger partial charge in [-0.15, -0.1) is 0 Å². The molecule has 2 aromatic carbocycles. The summed E-state index contributed by atoms with van der Waals surface area (Å²) in [6.07, 6.45) is 1.80. The monoisotopic (exact) mass is 351 g/mol. The molecule has 0 aliphatic rings. The van der Waals surface area contributed by atoms with E-state index in [9.17, 15) is 4.79 Å². The van der Waals surface area contributed by atoms with Crippen LogP contribution in [0.1, 0.15) is 18.9 Å². The van der Waals surface area contributed by atoms with Crippen molar-refractivity contribution >= 4 is 29.1 Å². The molecule has 0 saturated heterocycles. The number of carbonyl (C=O) groups excluding carboxylic acids is 1. The molecule has 1 amide bonds. The summed E-state index contributed by atoms with van der Waals surface area (Å²) in [7, 11) is 0. The van der Waals surface area contributed by atoms with Crippen molar-refractivity contribution in [2.75, 3.05) is 6.61 Å². The maximum Gasteiger partial charge on any atom is 0.258 e. The average Bonchev–Trinajstić information content (AvgIpc) is 2.55. The zero-order chi connectivity index (χ0) is 16.7. The van der Waals surface area contributed by atoms with Crippen molar-refractivity contribution in [3.8, 4) is 5.75 Å². The molecule has 0 fully saturated rings. The molecule has 1 N–H and O–H groups in total. The van der Waals surface area contributed by atoms with E-state index in [1.807, 2.05) is 25.1 Å². The summed E-state index contributed by atoms with van der Waals surface area (Å²) in [5.74, 6) is 0.364. The van der Waals surface area contributed by atoms with E-state index >= 15 is 0 Å². The van der Waals surface area contributed by atoms with Gasteiger partial charge in [-0.1, -0.05) is 53.5 Å². The Balaban J connectivity index is 1.72. The van der Waals surface area contributed by atoms with Crippen LogP contribution in [0.4, 0.5) is 0 Å². The Morgan fingerprint density at radius 1 is 1.13 bits per heavy atom.